The SMILES string of the molecule is NC(=O)c1cnc(NC(=O)CCc2nc(-c3ccccn3)no2)s1. The Balaban J connectivity index is 1.54. The Kier molecular flexibility index (Phi) is 4.57. The third-order valence-electron chi connectivity index (χ3n) is 2.92. The maximum Gasteiger partial charge on any atom is 0.260 e. The fourth-order valence-electron chi connectivity index (χ4n) is 1.80. The van der Waals surface area contributed by atoms with Crippen LogP contribution in [0.5, 0.6) is 0 Å². The summed E-state index contributed by atoms with van der Waals surface area (Å²) in [5.41, 5.74) is 5.72. The number of rotatable bonds is 6. The number of hydrogen-bond donors (Lipinski definition) is 2. The number of nitrogens with zero attached hydrogens (tertiary/aromatic N) is 4. The predicted molar refractivity (Wildman–Crippen MR) is 85.1 cm³/mol. The molecule has 0 spiro atoms. The van der Waals surface area contributed by atoms with Gasteiger partial charge in [-0.05, 0) is 12.1 Å². The van der Waals surface area contributed by atoms with E-state index in [1.165, 1.54) is 6.20 Å². The van der Waals surface area contributed by atoms with Crippen LogP contribution in [0.1, 0.15) is 22.0 Å². The average molecular weight is 344 g/mol. The summed E-state index contributed by atoms with van der Waals surface area (Å²) in [5.74, 6) is -0.154. The van der Waals surface area contributed by atoms with E-state index in [0.717, 1.165) is 11.3 Å². The van der Waals surface area contributed by atoms with Crippen LogP contribution in [0.25, 0.3) is 11.5 Å². The number of thiazole rings is 1. The minimum absolute atomic E-state index is 0.134. The van der Waals surface area contributed by atoms with E-state index >= 15 is 0 Å². The summed E-state index contributed by atoms with van der Waals surface area (Å²) in [7, 11) is 0. The molecule has 0 saturated carbocycles. The van der Waals surface area contributed by atoms with E-state index in [4.69, 9.17) is 10.3 Å². The first kappa shape index (κ1) is 15.7. The average Bonchev–Trinajstić information content (AvgIpc) is 3.23. The lowest BCUT2D eigenvalue weighted by molar-refractivity contribution is -0.116. The van der Waals surface area contributed by atoms with Gasteiger partial charge in [0.05, 0.1) is 6.20 Å². The maximum absolute atomic E-state index is 11.9. The number of carbonyl (C=O) groups is 2. The Morgan fingerprint density at radius 2 is 2.17 bits per heavy atom. The number of amides is 2. The standard InChI is InChI=1S/C14H12N6O3S/c15-12(22)9-7-17-14(24-9)18-10(21)4-5-11-19-13(20-23-11)8-3-1-2-6-16-8/h1-3,6-7H,4-5H2,(H2,15,22)(H,17,18,21). The first-order valence-corrected chi connectivity index (χ1v) is 7.73. The van der Waals surface area contributed by atoms with Gasteiger partial charge in [0.15, 0.2) is 5.13 Å². The number of aromatic nitrogens is 4. The van der Waals surface area contributed by atoms with Gasteiger partial charge in [0.25, 0.3) is 5.91 Å². The second-order valence-electron chi connectivity index (χ2n) is 4.67. The molecule has 0 atom stereocenters. The molecule has 2 amide bonds. The molecule has 0 radical (unpaired) electrons. The molecule has 0 saturated heterocycles. The van der Waals surface area contributed by atoms with Crippen molar-refractivity contribution in [3.63, 3.8) is 0 Å². The second kappa shape index (κ2) is 6.96. The molecule has 0 bridgehead atoms. The van der Waals surface area contributed by atoms with E-state index in [0.29, 0.717) is 22.5 Å². The number of nitrogens with two attached hydrogens (primary N) is 1. The molecule has 0 unspecified atom stereocenters. The van der Waals surface area contributed by atoms with Crippen LogP contribution in [0.3, 0.4) is 0 Å². The zero-order valence-corrected chi connectivity index (χ0v) is 13.1. The van der Waals surface area contributed by atoms with Crippen LogP contribution in [0.2, 0.25) is 0 Å². The zero-order valence-electron chi connectivity index (χ0n) is 12.3. The largest absolute Gasteiger partial charge is 0.365 e. The molecule has 122 valence electrons. The van der Waals surface area contributed by atoms with Crippen molar-refractivity contribution < 1.29 is 14.1 Å². The summed E-state index contributed by atoms with van der Waals surface area (Å²) in [6.07, 6.45) is 3.36. The number of primary amides is 1. The van der Waals surface area contributed by atoms with Crippen LogP contribution < -0.4 is 11.1 Å². The third-order valence-corrected chi connectivity index (χ3v) is 3.85. The summed E-state index contributed by atoms with van der Waals surface area (Å²) in [5, 5.41) is 6.73. The van der Waals surface area contributed by atoms with E-state index in [2.05, 4.69) is 25.4 Å². The molecular weight excluding hydrogens is 332 g/mol. The van der Waals surface area contributed by atoms with Crippen molar-refractivity contribution in [3.8, 4) is 11.5 Å². The zero-order chi connectivity index (χ0) is 16.9. The molecular formula is C14H12N6O3S. The maximum atomic E-state index is 11.9. The molecule has 0 aliphatic heterocycles. The summed E-state index contributed by atoms with van der Waals surface area (Å²) in [4.78, 5) is 35.4. The molecule has 9 nitrogen and oxygen atoms in total. The summed E-state index contributed by atoms with van der Waals surface area (Å²) in [6.45, 7) is 0. The molecule has 24 heavy (non-hydrogen) atoms. The predicted octanol–water partition coefficient (Wildman–Crippen LogP) is 1.26. The molecule has 0 aliphatic carbocycles. The van der Waals surface area contributed by atoms with E-state index in [9.17, 15) is 9.59 Å². The van der Waals surface area contributed by atoms with Crippen molar-refractivity contribution in [1.82, 2.24) is 20.1 Å². The molecule has 0 aromatic carbocycles. The molecule has 3 N–H and O–H groups in total. The van der Waals surface area contributed by atoms with Gasteiger partial charge in [0, 0.05) is 19.0 Å². The van der Waals surface area contributed by atoms with Crippen molar-refractivity contribution in [2.24, 2.45) is 5.73 Å². The number of anilines is 1. The van der Waals surface area contributed by atoms with Crippen molar-refractivity contribution in [3.05, 3.63) is 41.4 Å². The highest BCUT2D eigenvalue weighted by molar-refractivity contribution is 7.17. The highest BCUT2D eigenvalue weighted by Gasteiger charge is 2.13. The summed E-state index contributed by atoms with van der Waals surface area (Å²) < 4.78 is 5.10. The Bertz CT molecular complexity index is 860. The lowest BCUT2D eigenvalue weighted by Gasteiger charge is -1.98. The van der Waals surface area contributed by atoms with Gasteiger partial charge in [0.1, 0.15) is 10.6 Å². The van der Waals surface area contributed by atoms with Crippen molar-refractivity contribution in [1.29, 1.82) is 0 Å². The molecule has 10 heteroatoms. The fraction of sp³-hybridized carbons (Fsp3) is 0.143. The van der Waals surface area contributed by atoms with Crippen LogP contribution in [-0.4, -0.2) is 31.9 Å². The molecule has 3 rings (SSSR count). The van der Waals surface area contributed by atoms with Gasteiger partial charge in [-0.3, -0.25) is 14.6 Å². The van der Waals surface area contributed by atoms with Crippen LogP contribution in [0, 0.1) is 0 Å². The number of aryl methyl sites for hydroxylation is 1. The third kappa shape index (κ3) is 3.79. The second-order valence-corrected chi connectivity index (χ2v) is 5.70. The minimum Gasteiger partial charge on any atom is -0.365 e. The highest BCUT2D eigenvalue weighted by atomic mass is 32.1. The minimum atomic E-state index is -0.582. The van der Waals surface area contributed by atoms with Crippen LogP contribution in [-0.2, 0) is 11.2 Å². The van der Waals surface area contributed by atoms with Crippen molar-refractivity contribution in [2.45, 2.75) is 12.8 Å². The van der Waals surface area contributed by atoms with Gasteiger partial charge in [-0.2, -0.15) is 4.98 Å². The van der Waals surface area contributed by atoms with Crippen LogP contribution in [0.4, 0.5) is 5.13 Å². The monoisotopic (exact) mass is 344 g/mol. The van der Waals surface area contributed by atoms with Gasteiger partial charge in [-0.15, -0.1) is 0 Å². The quantitative estimate of drug-likeness (QED) is 0.686. The van der Waals surface area contributed by atoms with Crippen LogP contribution >= 0.6 is 11.3 Å². The first-order valence-electron chi connectivity index (χ1n) is 6.91. The number of hydrogen-bond acceptors (Lipinski definition) is 8. The molecule has 3 aromatic rings. The van der Waals surface area contributed by atoms with Gasteiger partial charge >= 0.3 is 0 Å². The molecule has 3 heterocycles. The van der Waals surface area contributed by atoms with Crippen LogP contribution in [0.15, 0.2) is 35.1 Å². The first-order chi connectivity index (χ1) is 11.6. The Labute approximate surface area is 139 Å². The van der Waals surface area contributed by atoms with Gasteiger partial charge in [-0.1, -0.05) is 22.6 Å². The number of pyridine rings is 1. The van der Waals surface area contributed by atoms with Gasteiger partial charge in [0.2, 0.25) is 17.6 Å². The fourth-order valence-corrected chi connectivity index (χ4v) is 2.49. The smallest absolute Gasteiger partial charge is 0.260 e. The molecule has 0 fully saturated rings. The number of carbonyl (C=O) groups excluding carboxylic acids is 2. The molecule has 0 aliphatic rings. The summed E-state index contributed by atoms with van der Waals surface area (Å²) in [6, 6.07) is 5.37. The Hall–Kier alpha value is -3.14. The molecule has 3 aromatic heterocycles. The lowest BCUT2D eigenvalue weighted by atomic mass is 10.3. The van der Waals surface area contributed by atoms with E-state index in [1.54, 1.807) is 18.3 Å². The van der Waals surface area contributed by atoms with Crippen molar-refractivity contribution >= 4 is 28.3 Å². The van der Waals surface area contributed by atoms with Crippen molar-refractivity contribution in [2.75, 3.05) is 5.32 Å². The topological polar surface area (TPSA) is 137 Å². The lowest BCUT2D eigenvalue weighted by Crippen LogP contribution is -2.12. The van der Waals surface area contributed by atoms with E-state index < -0.39 is 5.91 Å². The normalized spacial score (nSPS) is 10.5. The highest BCUT2D eigenvalue weighted by Crippen LogP contribution is 2.18. The Morgan fingerprint density at radius 3 is 2.88 bits per heavy atom. The summed E-state index contributed by atoms with van der Waals surface area (Å²) >= 11 is 1.02. The Morgan fingerprint density at radius 1 is 1.29 bits per heavy atom. The van der Waals surface area contributed by atoms with Gasteiger partial charge in [-0.25, -0.2) is 4.98 Å². The van der Waals surface area contributed by atoms with Gasteiger partial charge < -0.3 is 15.6 Å². The van der Waals surface area contributed by atoms with E-state index in [1.807, 2.05) is 6.07 Å². The number of nitrogens with one attached hydrogen (secondary N) is 1. The van der Waals surface area contributed by atoms with E-state index in [-0.39, 0.29) is 23.6 Å².